The highest BCUT2D eigenvalue weighted by molar-refractivity contribution is 7.99. The second kappa shape index (κ2) is 6.64. The Labute approximate surface area is 129 Å². The SMILES string of the molecule is CCCNC1CCC2(CC1Sc1n[nH]c(C)n1)OCCO2. The van der Waals surface area contributed by atoms with Gasteiger partial charge in [-0.2, -0.15) is 0 Å². The van der Waals surface area contributed by atoms with Crippen molar-refractivity contribution in [2.75, 3.05) is 19.8 Å². The third-order valence-electron chi connectivity index (χ3n) is 4.10. The molecular weight excluding hydrogens is 288 g/mol. The van der Waals surface area contributed by atoms with Crippen LogP contribution in [0.4, 0.5) is 0 Å². The predicted molar refractivity (Wildman–Crippen MR) is 81.3 cm³/mol. The van der Waals surface area contributed by atoms with Crippen molar-refractivity contribution in [2.45, 2.75) is 61.8 Å². The molecule has 1 saturated carbocycles. The molecule has 3 rings (SSSR count). The fourth-order valence-electron chi connectivity index (χ4n) is 3.07. The molecule has 0 amide bonds. The van der Waals surface area contributed by atoms with E-state index >= 15 is 0 Å². The number of nitrogens with one attached hydrogen (secondary N) is 2. The summed E-state index contributed by atoms with van der Waals surface area (Å²) < 4.78 is 11.8. The lowest BCUT2D eigenvalue weighted by atomic mass is 9.89. The van der Waals surface area contributed by atoms with E-state index in [1.54, 1.807) is 11.8 Å². The Morgan fingerprint density at radius 2 is 2.24 bits per heavy atom. The van der Waals surface area contributed by atoms with Crippen molar-refractivity contribution in [1.82, 2.24) is 20.5 Å². The summed E-state index contributed by atoms with van der Waals surface area (Å²) in [7, 11) is 0. The number of rotatable bonds is 5. The second-order valence-corrected chi connectivity index (χ2v) is 6.98. The normalized spacial score (nSPS) is 28.3. The molecule has 0 bridgehead atoms. The number of ether oxygens (including phenoxy) is 2. The highest BCUT2D eigenvalue weighted by Gasteiger charge is 2.45. The number of aromatic amines is 1. The first-order valence-corrected chi connectivity index (χ1v) is 8.66. The van der Waals surface area contributed by atoms with Crippen molar-refractivity contribution in [1.29, 1.82) is 0 Å². The summed E-state index contributed by atoms with van der Waals surface area (Å²) in [4.78, 5) is 4.42. The molecule has 118 valence electrons. The first-order valence-electron chi connectivity index (χ1n) is 7.78. The second-order valence-electron chi connectivity index (χ2n) is 5.77. The van der Waals surface area contributed by atoms with E-state index in [4.69, 9.17) is 9.47 Å². The average Bonchev–Trinajstić information content (AvgIpc) is 3.08. The molecule has 7 heteroatoms. The van der Waals surface area contributed by atoms with E-state index in [-0.39, 0.29) is 5.79 Å². The van der Waals surface area contributed by atoms with Gasteiger partial charge in [0.1, 0.15) is 5.82 Å². The highest BCUT2D eigenvalue weighted by Crippen LogP contribution is 2.41. The number of H-pyrrole nitrogens is 1. The van der Waals surface area contributed by atoms with E-state index in [0.717, 1.165) is 43.2 Å². The Balaban J connectivity index is 1.69. The molecule has 2 aliphatic rings. The van der Waals surface area contributed by atoms with Crippen molar-refractivity contribution in [3.8, 4) is 0 Å². The molecule has 0 radical (unpaired) electrons. The quantitative estimate of drug-likeness (QED) is 0.865. The molecular formula is C14H24N4O2S. The topological polar surface area (TPSA) is 72.1 Å². The molecule has 2 heterocycles. The third kappa shape index (κ3) is 3.59. The standard InChI is InChI=1S/C14H24N4O2S/c1-3-6-15-11-4-5-14(19-7-8-20-14)9-12(11)21-13-16-10(2)17-18-13/h11-12,15H,3-9H2,1-2H3,(H,16,17,18). The van der Waals surface area contributed by atoms with Crippen LogP contribution in [0, 0.1) is 6.92 Å². The molecule has 1 aliphatic heterocycles. The Hall–Kier alpha value is -0.630. The molecule has 1 saturated heterocycles. The van der Waals surface area contributed by atoms with Crippen LogP contribution in [0.5, 0.6) is 0 Å². The van der Waals surface area contributed by atoms with Crippen LogP contribution >= 0.6 is 11.8 Å². The molecule has 1 aliphatic carbocycles. The van der Waals surface area contributed by atoms with Gasteiger partial charge in [0, 0.05) is 24.1 Å². The Bertz CT molecular complexity index is 462. The molecule has 1 aromatic rings. The summed E-state index contributed by atoms with van der Waals surface area (Å²) in [5.74, 6) is 0.488. The summed E-state index contributed by atoms with van der Waals surface area (Å²) >= 11 is 1.73. The fourth-order valence-corrected chi connectivity index (χ4v) is 4.36. The van der Waals surface area contributed by atoms with Gasteiger partial charge in [0.15, 0.2) is 5.79 Å². The van der Waals surface area contributed by atoms with Crippen LogP contribution in [0.3, 0.4) is 0 Å². The van der Waals surface area contributed by atoms with Gasteiger partial charge in [-0.05, 0) is 26.3 Å². The molecule has 2 N–H and O–H groups in total. The molecule has 1 aromatic heterocycles. The van der Waals surface area contributed by atoms with Gasteiger partial charge in [-0.1, -0.05) is 18.7 Å². The first kappa shape index (κ1) is 15.3. The Morgan fingerprint density at radius 3 is 2.90 bits per heavy atom. The third-order valence-corrected chi connectivity index (χ3v) is 5.29. The molecule has 21 heavy (non-hydrogen) atoms. The smallest absolute Gasteiger partial charge is 0.208 e. The van der Waals surface area contributed by atoms with Crippen LogP contribution in [-0.4, -0.2) is 52.0 Å². The number of nitrogens with zero attached hydrogens (tertiary/aromatic N) is 2. The average molecular weight is 312 g/mol. The van der Waals surface area contributed by atoms with E-state index in [9.17, 15) is 0 Å². The number of aromatic nitrogens is 3. The van der Waals surface area contributed by atoms with Crippen molar-refractivity contribution < 1.29 is 9.47 Å². The minimum absolute atomic E-state index is 0.368. The van der Waals surface area contributed by atoms with E-state index in [1.165, 1.54) is 0 Å². The Kier molecular flexibility index (Phi) is 4.83. The van der Waals surface area contributed by atoms with Crippen molar-refractivity contribution >= 4 is 11.8 Å². The minimum Gasteiger partial charge on any atom is -0.347 e. The van der Waals surface area contributed by atoms with Crippen LogP contribution < -0.4 is 5.32 Å². The van der Waals surface area contributed by atoms with Crippen LogP contribution in [-0.2, 0) is 9.47 Å². The Morgan fingerprint density at radius 1 is 1.43 bits per heavy atom. The van der Waals surface area contributed by atoms with Gasteiger partial charge < -0.3 is 14.8 Å². The predicted octanol–water partition coefficient (Wildman–Crippen LogP) is 1.87. The van der Waals surface area contributed by atoms with E-state index in [1.807, 2.05) is 6.92 Å². The minimum atomic E-state index is -0.368. The van der Waals surface area contributed by atoms with E-state index in [2.05, 4.69) is 27.4 Å². The van der Waals surface area contributed by atoms with Gasteiger partial charge in [0.2, 0.25) is 5.16 Å². The molecule has 6 nitrogen and oxygen atoms in total. The zero-order chi connectivity index (χ0) is 14.7. The van der Waals surface area contributed by atoms with Crippen LogP contribution in [0.2, 0.25) is 0 Å². The maximum absolute atomic E-state index is 5.90. The largest absolute Gasteiger partial charge is 0.347 e. The van der Waals surface area contributed by atoms with Gasteiger partial charge in [-0.15, -0.1) is 5.10 Å². The first-order chi connectivity index (χ1) is 10.2. The van der Waals surface area contributed by atoms with Crippen LogP contribution in [0.1, 0.15) is 38.4 Å². The molecule has 2 fully saturated rings. The molecule has 1 spiro atoms. The summed E-state index contributed by atoms with van der Waals surface area (Å²) in [6, 6.07) is 0.465. The van der Waals surface area contributed by atoms with Gasteiger partial charge in [-0.25, -0.2) is 4.98 Å². The zero-order valence-electron chi connectivity index (χ0n) is 12.7. The number of thioether (sulfide) groups is 1. The fraction of sp³-hybridized carbons (Fsp3) is 0.857. The highest BCUT2D eigenvalue weighted by atomic mass is 32.2. The van der Waals surface area contributed by atoms with Crippen molar-refractivity contribution in [2.24, 2.45) is 0 Å². The lowest BCUT2D eigenvalue weighted by Crippen LogP contribution is -2.49. The number of hydrogen-bond acceptors (Lipinski definition) is 6. The van der Waals surface area contributed by atoms with Gasteiger partial charge in [0.05, 0.1) is 13.2 Å². The van der Waals surface area contributed by atoms with E-state index in [0.29, 0.717) is 24.5 Å². The van der Waals surface area contributed by atoms with E-state index < -0.39 is 0 Å². The molecule has 2 unspecified atom stereocenters. The number of hydrogen-bond donors (Lipinski definition) is 2. The summed E-state index contributed by atoms with van der Waals surface area (Å²) in [5, 5.41) is 12.0. The monoisotopic (exact) mass is 312 g/mol. The van der Waals surface area contributed by atoms with Crippen molar-refractivity contribution in [3.63, 3.8) is 0 Å². The van der Waals surface area contributed by atoms with Crippen LogP contribution in [0.15, 0.2) is 5.16 Å². The van der Waals surface area contributed by atoms with Crippen molar-refractivity contribution in [3.05, 3.63) is 5.82 Å². The maximum atomic E-state index is 5.90. The summed E-state index contributed by atoms with van der Waals surface area (Å²) in [5.41, 5.74) is 0. The lowest BCUT2D eigenvalue weighted by Gasteiger charge is -2.40. The molecule has 2 atom stereocenters. The summed E-state index contributed by atoms with van der Waals surface area (Å²) in [6.07, 6.45) is 4.08. The van der Waals surface area contributed by atoms with Gasteiger partial charge in [-0.3, -0.25) is 5.10 Å². The number of aryl methyl sites for hydroxylation is 1. The zero-order valence-corrected chi connectivity index (χ0v) is 13.5. The van der Waals surface area contributed by atoms with Gasteiger partial charge in [0.25, 0.3) is 0 Å². The van der Waals surface area contributed by atoms with Crippen LogP contribution in [0.25, 0.3) is 0 Å². The summed E-state index contributed by atoms with van der Waals surface area (Å²) in [6.45, 7) is 6.59. The maximum Gasteiger partial charge on any atom is 0.208 e. The molecule has 0 aromatic carbocycles. The lowest BCUT2D eigenvalue weighted by molar-refractivity contribution is -0.178. The van der Waals surface area contributed by atoms with Gasteiger partial charge >= 0.3 is 0 Å².